The van der Waals surface area contributed by atoms with Gasteiger partial charge in [0.1, 0.15) is 10.8 Å². The molecule has 3 heterocycles. The third-order valence-electron chi connectivity index (χ3n) is 3.17. The maximum atomic E-state index is 12.1. The summed E-state index contributed by atoms with van der Waals surface area (Å²) in [5.74, 6) is 0.0656. The Morgan fingerprint density at radius 3 is 2.92 bits per heavy atom. The zero-order valence-electron chi connectivity index (χ0n) is 12.9. The first-order valence-corrected chi connectivity index (χ1v) is 8.81. The van der Waals surface area contributed by atoms with Gasteiger partial charge in [0.25, 0.3) is 5.91 Å². The molecule has 10 heteroatoms. The number of carbonyl (C=O) groups excluding carboxylic acids is 2. The van der Waals surface area contributed by atoms with Gasteiger partial charge in [-0.05, 0) is 25.3 Å². The number of aryl methyl sites for hydroxylation is 2. The van der Waals surface area contributed by atoms with Gasteiger partial charge in [-0.1, -0.05) is 11.8 Å². The topological polar surface area (TPSA) is 115 Å². The van der Waals surface area contributed by atoms with E-state index in [1.807, 2.05) is 19.9 Å². The zero-order valence-corrected chi connectivity index (χ0v) is 14.6. The maximum Gasteiger partial charge on any atom is 0.251 e. The Morgan fingerprint density at radius 2 is 2.17 bits per heavy atom. The molecule has 0 fully saturated rings. The number of fused-ring (bicyclic) bond motifs is 1. The average molecular weight is 362 g/mol. The molecule has 8 nitrogen and oxygen atoms in total. The molecule has 0 radical (unpaired) electrons. The van der Waals surface area contributed by atoms with Gasteiger partial charge in [-0.25, -0.2) is 4.98 Å². The summed E-state index contributed by atoms with van der Waals surface area (Å²) in [6, 6.07) is 3.41. The lowest BCUT2D eigenvalue weighted by Gasteiger charge is -2.05. The van der Waals surface area contributed by atoms with Gasteiger partial charge in [0.15, 0.2) is 10.8 Å². The van der Waals surface area contributed by atoms with E-state index in [2.05, 4.69) is 20.5 Å². The number of hydrogen-bond acceptors (Lipinski definition) is 7. The highest BCUT2D eigenvalue weighted by Gasteiger charge is 2.15. The molecule has 0 saturated carbocycles. The normalized spacial score (nSPS) is 10.9. The number of anilines is 1. The molecule has 0 aliphatic heterocycles. The van der Waals surface area contributed by atoms with Crippen LogP contribution in [0.5, 0.6) is 0 Å². The van der Waals surface area contributed by atoms with Crippen LogP contribution in [0.2, 0.25) is 0 Å². The minimum atomic E-state index is -0.570. The fourth-order valence-electron chi connectivity index (χ4n) is 2.19. The molecule has 0 aliphatic carbocycles. The van der Waals surface area contributed by atoms with E-state index >= 15 is 0 Å². The predicted octanol–water partition coefficient (Wildman–Crippen LogP) is 1.63. The summed E-state index contributed by atoms with van der Waals surface area (Å²) in [5, 5.41) is 13.6. The van der Waals surface area contributed by atoms with Crippen molar-refractivity contribution in [2.24, 2.45) is 5.73 Å². The molecule has 24 heavy (non-hydrogen) atoms. The third kappa shape index (κ3) is 3.24. The van der Waals surface area contributed by atoms with Gasteiger partial charge in [-0.3, -0.25) is 14.0 Å². The number of nitrogens with zero attached hydrogens (tertiary/aromatic N) is 4. The van der Waals surface area contributed by atoms with Crippen LogP contribution < -0.4 is 11.1 Å². The van der Waals surface area contributed by atoms with E-state index in [0.29, 0.717) is 21.4 Å². The predicted molar refractivity (Wildman–Crippen MR) is 92.4 cm³/mol. The Hall–Kier alpha value is -2.46. The molecule has 0 spiro atoms. The lowest BCUT2D eigenvalue weighted by Crippen LogP contribution is -2.18. The van der Waals surface area contributed by atoms with E-state index in [-0.39, 0.29) is 11.7 Å². The highest BCUT2D eigenvalue weighted by atomic mass is 32.2. The summed E-state index contributed by atoms with van der Waals surface area (Å²) >= 11 is 2.50. The lowest BCUT2D eigenvalue weighted by atomic mass is 10.3. The molecule has 3 aromatic rings. The zero-order chi connectivity index (χ0) is 17.3. The van der Waals surface area contributed by atoms with Crippen molar-refractivity contribution in [1.29, 1.82) is 0 Å². The standard InChI is InChI=1S/C14H14N6O2S2/c1-7-5-10-18-19-14(20(10)8(2)16-7)24-6-11(21)17-13-9(12(15)22)3-4-23-13/h3-5H,6H2,1-2H3,(H2,15,22)(H,17,21). The number of nitrogens with two attached hydrogens (primary N) is 1. The number of hydrogen-bond donors (Lipinski definition) is 2. The molecule has 3 rings (SSSR count). The Morgan fingerprint density at radius 1 is 1.38 bits per heavy atom. The molecule has 0 atom stereocenters. The molecule has 2 amide bonds. The molecule has 0 saturated heterocycles. The fraction of sp³-hybridized carbons (Fsp3) is 0.214. The first kappa shape index (κ1) is 16.4. The van der Waals surface area contributed by atoms with Crippen LogP contribution >= 0.6 is 23.1 Å². The number of nitrogens with one attached hydrogen (secondary N) is 1. The van der Waals surface area contributed by atoms with Gasteiger partial charge < -0.3 is 11.1 Å². The largest absolute Gasteiger partial charge is 0.366 e. The molecule has 0 aliphatic rings. The molecule has 3 N–H and O–H groups in total. The summed E-state index contributed by atoms with van der Waals surface area (Å²) in [6.45, 7) is 3.75. The molecule has 124 valence electrons. The van der Waals surface area contributed by atoms with Gasteiger partial charge in [0.05, 0.1) is 11.3 Å². The Labute approximate surface area is 145 Å². The average Bonchev–Trinajstić information content (AvgIpc) is 3.11. The number of thiophene rings is 1. The Balaban J connectivity index is 1.71. The van der Waals surface area contributed by atoms with Crippen molar-refractivity contribution in [2.45, 2.75) is 19.0 Å². The quantitative estimate of drug-likeness (QED) is 0.667. The second-order valence-electron chi connectivity index (χ2n) is 4.99. The van der Waals surface area contributed by atoms with Crippen LogP contribution in [0.25, 0.3) is 5.65 Å². The van der Waals surface area contributed by atoms with E-state index in [0.717, 1.165) is 11.5 Å². The van der Waals surface area contributed by atoms with E-state index in [1.54, 1.807) is 15.8 Å². The fourth-order valence-corrected chi connectivity index (χ4v) is 3.78. The Kier molecular flexibility index (Phi) is 4.49. The third-order valence-corrected chi connectivity index (χ3v) is 4.93. The number of carbonyl (C=O) groups is 2. The van der Waals surface area contributed by atoms with Crippen LogP contribution in [-0.2, 0) is 4.79 Å². The van der Waals surface area contributed by atoms with E-state index in [4.69, 9.17) is 5.73 Å². The van der Waals surface area contributed by atoms with Crippen molar-refractivity contribution in [3.8, 4) is 0 Å². The van der Waals surface area contributed by atoms with Crippen molar-refractivity contribution in [3.05, 3.63) is 34.6 Å². The first-order valence-electron chi connectivity index (χ1n) is 6.95. The second-order valence-corrected chi connectivity index (χ2v) is 6.84. The van der Waals surface area contributed by atoms with Crippen LogP contribution in [0.3, 0.4) is 0 Å². The number of aromatic nitrogens is 4. The van der Waals surface area contributed by atoms with E-state index in [9.17, 15) is 9.59 Å². The molecule has 3 aromatic heterocycles. The van der Waals surface area contributed by atoms with Crippen LogP contribution in [0.1, 0.15) is 21.9 Å². The maximum absolute atomic E-state index is 12.1. The highest BCUT2D eigenvalue weighted by molar-refractivity contribution is 7.99. The van der Waals surface area contributed by atoms with Crippen molar-refractivity contribution >= 4 is 45.6 Å². The monoisotopic (exact) mass is 362 g/mol. The minimum Gasteiger partial charge on any atom is -0.366 e. The molecule has 0 unspecified atom stereocenters. The highest BCUT2D eigenvalue weighted by Crippen LogP contribution is 2.24. The summed E-state index contributed by atoms with van der Waals surface area (Å²) in [7, 11) is 0. The minimum absolute atomic E-state index is 0.129. The number of rotatable bonds is 5. The van der Waals surface area contributed by atoms with Gasteiger partial charge >= 0.3 is 0 Å². The Bertz CT molecular complexity index is 933. The number of primary amides is 1. The summed E-state index contributed by atoms with van der Waals surface area (Å²) in [5.41, 5.74) is 7.12. The molecular weight excluding hydrogens is 348 g/mol. The van der Waals surface area contributed by atoms with Crippen molar-refractivity contribution in [3.63, 3.8) is 0 Å². The summed E-state index contributed by atoms with van der Waals surface area (Å²) in [4.78, 5) is 27.7. The van der Waals surface area contributed by atoms with Crippen LogP contribution in [0.15, 0.2) is 22.7 Å². The van der Waals surface area contributed by atoms with Gasteiger partial charge in [0, 0.05) is 11.8 Å². The van der Waals surface area contributed by atoms with Crippen molar-refractivity contribution in [2.75, 3.05) is 11.1 Å². The van der Waals surface area contributed by atoms with Gasteiger partial charge in [-0.2, -0.15) is 0 Å². The lowest BCUT2D eigenvalue weighted by molar-refractivity contribution is -0.113. The molecule has 0 bridgehead atoms. The SMILES string of the molecule is Cc1cc2nnc(SCC(=O)Nc3sccc3C(N)=O)n2c(C)n1. The van der Waals surface area contributed by atoms with Gasteiger partial charge in [-0.15, -0.1) is 21.5 Å². The van der Waals surface area contributed by atoms with Crippen molar-refractivity contribution < 1.29 is 9.59 Å². The number of thioether (sulfide) groups is 1. The van der Waals surface area contributed by atoms with Gasteiger partial charge in [0.2, 0.25) is 5.91 Å². The smallest absolute Gasteiger partial charge is 0.251 e. The number of amides is 2. The van der Waals surface area contributed by atoms with E-state index < -0.39 is 5.91 Å². The van der Waals surface area contributed by atoms with Crippen molar-refractivity contribution in [1.82, 2.24) is 19.6 Å². The summed E-state index contributed by atoms with van der Waals surface area (Å²) < 4.78 is 1.80. The van der Waals surface area contributed by atoms with Crippen LogP contribution in [-0.4, -0.2) is 37.1 Å². The van der Waals surface area contributed by atoms with E-state index in [1.165, 1.54) is 23.1 Å². The first-order chi connectivity index (χ1) is 11.5. The van der Waals surface area contributed by atoms with Crippen LogP contribution in [0.4, 0.5) is 5.00 Å². The van der Waals surface area contributed by atoms with Crippen LogP contribution in [0, 0.1) is 13.8 Å². The second kappa shape index (κ2) is 6.57. The molecule has 0 aromatic carbocycles. The molecular formula is C14H14N6O2S2. The summed E-state index contributed by atoms with van der Waals surface area (Å²) in [6.07, 6.45) is 0.